The molecule has 2 amide bonds. The lowest BCUT2D eigenvalue weighted by Gasteiger charge is -2.26. The van der Waals surface area contributed by atoms with Gasteiger partial charge in [-0.2, -0.15) is 0 Å². The van der Waals surface area contributed by atoms with Crippen molar-refractivity contribution >= 4 is 23.3 Å². The molecule has 0 aliphatic heterocycles. The Balaban J connectivity index is 2.75. The number of hydrogen-bond acceptors (Lipinski definition) is 4. The van der Waals surface area contributed by atoms with Gasteiger partial charge in [0.25, 0.3) is 0 Å². The minimum Gasteiger partial charge on any atom is -0.479 e. The average molecular weight is 314 g/mol. The predicted octanol–water partition coefficient (Wildman–Crippen LogP) is 2.19. The van der Waals surface area contributed by atoms with Crippen LogP contribution in [0.3, 0.4) is 0 Å². The molecule has 0 saturated carbocycles. The van der Waals surface area contributed by atoms with Crippen molar-refractivity contribution in [2.45, 2.75) is 19.9 Å². The van der Waals surface area contributed by atoms with Crippen LogP contribution in [0.1, 0.15) is 24.8 Å². The van der Waals surface area contributed by atoms with Crippen molar-refractivity contribution in [1.29, 1.82) is 0 Å². The van der Waals surface area contributed by atoms with E-state index in [0.29, 0.717) is 24.6 Å². The first-order valence-corrected chi connectivity index (χ1v) is 7.64. The largest absolute Gasteiger partial charge is 0.479 e. The third kappa shape index (κ3) is 5.73. The number of carbonyl (C=O) groups is 2. The van der Waals surface area contributed by atoms with E-state index >= 15 is 0 Å². The van der Waals surface area contributed by atoms with E-state index in [1.165, 1.54) is 11.3 Å². The van der Waals surface area contributed by atoms with E-state index in [0.717, 1.165) is 0 Å². The predicted molar refractivity (Wildman–Crippen MR) is 81.5 cm³/mol. The highest BCUT2D eigenvalue weighted by Crippen LogP contribution is 2.19. The molecule has 0 bridgehead atoms. The molecule has 0 aliphatic carbocycles. The van der Waals surface area contributed by atoms with Gasteiger partial charge < -0.3 is 20.1 Å². The Morgan fingerprint density at radius 3 is 2.67 bits per heavy atom. The number of nitrogens with one attached hydrogen (secondary N) is 1. The molecular formula is C14H22N2O4S. The molecule has 0 aliphatic rings. The van der Waals surface area contributed by atoms with E-state index in [4.69, 9.17) is 4.74 Å². The van der Waals surface area contributed by atoms with Crippen LogP contribution in [0.2, 0.25) is 0 Å². The molecule has 21 heavy (non-hydrogen) atoms. The van der Waals surface area contributed by atoms with Gasteiger partial charge in [-0.15, -0.1) is 11.3 Å². The molecule has 0 radical (unpaired) electrons. The van der Waals surface area contributed by atoms with Gasteiger partial charge in [0.05, 0.1) is 6.61 Å². The van der Waals surface area contributed by atoms with Crippen molar-refractivity contribution < 1.29 is 19.4 Å². The fraction of sp³-hybridized carbons (Fsp3) is 0.571. The quantitative estimate of drug-likeness (QED) is 0.771. The summed E-state index contributed by atoms with van der Waals surface area (Å²) in [6, 6.07) is 2.06. The van der Waals surface area contributed by atoms with Crippen LogP contribution in [0.5, 0.6) is 0 Å². The summed E-state index contributed by atoms with van der Waals surface area (Å²) in [6.07, 6.45) is 0. The molecule has 2 N–H and O–H groups in total. The number of urea groups is 1. The van der Waals surface area contributed by atoms with Gasteiger partial charge in [0.15, 0.2) is 6.04 Å². The van der Waals surface area contributed by atoms with Crippen LogP contribution in [0.15, 0.2) is 17.5 Å². The number of methoxy groups -OCH3 is 1. The van der Waals surface area contributed by atoms with Gasteiger partial charge in [0, 0.05) is 25.1 Å². The Hall–Kier alpha value is -1.60. The highest BCUT2D eigenvalue weighted by atomic mass is 32.1. The molecular weight excluding hydrogens is 292 g/mol. The van der Waals surface area contributed by atoms with E-state index < -0.39 is 12.0 Å². The first-order valence-electron chi connectivity index (χ1n) is 6.76. The molecule has 1 unspecified atom stereocenters. The van der Waals surface area contributed by atoms with Gasteiger partial charge >= 0.3 is 12.0 Å². The molecule has 1 heterocycles. The van der Waals surface area contributed by atoms with Gasteiger partial charge in [0.2, 0.25) is 0 Å². The Labute approximate surface area is 128 Å². The molecule has 1 aromatic heterocycles. The lowest BCUT2D eigenvalue weighted by Crippen LogP contribution is -2.46. The van der Waals surface area contributed by atoms with E-state index in [2.05, 4.69) is 5.32 Å². The summed E-state index contributed by atoms with van der Waals surface area (Å²) in [4.78, 5) is 25.8. The number of carbonyl (C=O) groups excluding carboxylic acids is 1. The molecule has 0 spiro atoms. The van der Waals surface area contributed by atoms with Crippen molar-refractivity contribution in [2.75, 3.05) is 26.8 Å². The van der Waals surface area contributed by atoms with Crippen molar-refractivity contribution in [1.82, 2.24) is 10.2 Å². The van der Waals surface area contributed by atoms with E-state index in [1.54, 1.807) is 29.5 Å². The zero-order valence-electron chi connectivity index (χ0n) is 12.5. The van der Waals surface area contributed by atoms with E-state index in [9.17, 15) is 14.7 Å². The lowest BCUT2D eigenvalue weighted by molar-refractivity contribution is -0.139. The lowest BCUT2D eigenvalue weighted by atomic mass is 10.2. The van der Waals surface area contributed by atoms with Crippen LogP contribution in [0.25, 0.3) is 0 Å². The Morgan fingerprint density at radius 2 is 2.19 bits per heavy atom. The summed E-state index contributed by atoms with van der Waals surface area (Å²) in [6.45, 7) is 5.39. The molecule has 0 aromatic carbocycles. The molecule has 1 atom stereocenters. The maximum atomic E-state index is 12.3. The van der Waals surface area contributed by atoms with Crippen molar-refractivity contribution in [3.63, 3.8) is 0 Å². The number of nitrogens with zero attached hydrogens (tertiary/aromatic N) is 1. The number of ether oxygens (including phenoxy) is 1. The van der Waals surface area contributed by atoms with E-state index in [1.807, 2.05) is 13.8 Å². The average Bonchev–Trinajstić information content (AvgIpc) is 2.93. The summed E-state index contributed by atoms with van der Waals surface area (Å²) < 4.78 is 4.99. The highest BCUT2D eigenvalue weighted by molar-refractivity contribution is 7.10. The maximum absolute atomic E-state index is 12.3. The first kappa shape index (κ1) is 17.5. The third-order valence-electron chi connectivity index (χ3n) is 2.78. The summed E-state index contributed by atoms with van der Waals surface area (Å²) in [5.74, 6) is -0.778. The van der Waals surface area contributed by atoms with Crippen LogP contribution in [-0.4, -0.2) is 48.8 Å². The third-order valence-corrected chi connectivity index (χ3v) is 3.72. The van der Waals surface area contributed by atoms with Crippen LogP contribution in [0.4, 0.5) is 4.79 Å². The Morgan fingerprint density at radius 1 is 1.48 bits per heavy atom. The van der Waals surface area contributed by atoms with Crippen molar-refractivity contribution in [3.05, 3.63) is 22.4 Å². The Bertz CT molecular complexity index is 448. The van der Waals surface area contributed by atoms with E-state index in [-0.39, 0.29) is 11.9 Å². The zero-order valence-corrected chi connectivity index (χ0v) is 13.4. The molecule has 0 saturated heterocycles. The monoisotopic (exact) mass is 314 g/mol. The SMILES string of the molecule is COCCN(CC(C)C)C(=O)NC(C(=O)O)c1cccs1. The topological polar surface area (TPSA) is 78.9 Å². The minimum absolute atomic E-state index is 0.289. The van der Waals surface area contributed by atoms with Crippen molar-refractivity contribution in [3.8, 4) is 0 Å². The van der Waals surface area contributed by atoms with Gasteiger partial charge in [-0.1, -0.05) is 19.9 Å². The van der Waals surface area contributed by atoms with Crippen LogP contribution >= 0.6 is 11.3 Å². The minimum atomic E-state index is -1.07. The van der Waals surface area contributed by atoms with Gasteiger partial charge in [0.1, 0.15) is 0 Å². The zero-order chi connectivity index (χ0) is 15.8. The fourth-order valence-corrected chi connectivity index (χ4v) is 2.61. The highest BCUT2D eigenvalue weighted by Gasteiger charge is 2.25. The normalized spacial score (nSPS) is 12.2. The number of carboxylic acids is 1. The van der Waals surface area contributed by atoms with Crippen molar-refractivity contribution in [2.24, 2.45) is 5.92 Å². The number of aliphatic carboxylic acids is 1. The number of amides is 2. The number of rotatable bonds is 8. The number of carboxylic acid groups (broad SMARTS) is 1. The second-order valence-electron chi connectivity index (χ2n) is 5.07. The van der Waals surface area contributed by atoms with Gasteiger partial charge in [-0.25, -0.2) is 9.59 Å². The summed E-state index contributed by atoms with van der Waals surface area (Å²) in [5.41, 5.74) is 0. The maximum Gasteiger partial charge on any atom is 0.331 e. The first-order chi connectivity index (χ1) is 9.95. The molecule has 7 heteroatoms. The second kappa shape index (κ2) is 8.63. The molecule has 1 aromatic rings. The fourth-order valence-electron chi connectivity index (χ4n) is 1.84. The Kier molecular flexibility index (Phi) is 7.18. The standard InChI is InChI=1S/C14H22N2O4S/c1-10(2)9-16(6-7-20-3)14(19)15-12(13(17)18)11-5-4-8-21-11/h4-5,8,10,12H,6-7,9H2,1-3H3,(H,15,19)(H,17,18). The van der Waals surface area contributed by atoms with Gasteiger partial charge in [-0.05, 0) is 17.4 Å². The molecule has 0 fully saturated rings. The smallest absolute Gasteiger partial charge is 0.331 e. The summed E-state index contributed by atoms with van der Waals surface area (Å²) >= 11 is 1.31. The van der Waals surface area contributed by atoms with Crippen LogP contribution in [-0.2, 0) is 9.53 Å². The summed E-state index contributed by atoms with van der Waals surface area (Å²) in [7, 11) is 1.57. The number of thiophene rings is 1. The number of hydrogen-bond donors (Lipinski definition) is 2. The van der Waals surface area contributed by atoms with Gasteiger partial charge in [-0.3, -0.25) is 0 Å². The molecule has 118 valence electrons. The molecule has 1 rings (SSSR count). The summed E-state index contributed by atoms with van der Waals surface area (Å²) in [5, 5.41) is 13.6. The van der Waals surface area contributed by atoms with Crippen LogP contribution in [0, 0.1) is 5.92 Å². The molecule has 6 nitrogen and oxygen atoms in total. The van der Waals surface area contributed by atoms with Crippen LogP contribution < -0.4 is 5.32 Å². The second-order valence-corrected chi connectivity index (χ2v) is 6.05.